The Labute approximate surface area is 160 Å². The quantitative estimate of drug-likeness (QED) is 0.643. The number of para-hydroxylation sites is 1. The molecule has 1 saturated carbocycles. The number of carbonyl (C=O) groups is 2. The van der Waals surface area contributed by atoms with E-state index in [4.69, 9.17) is 4.42 Å². The van der Waals surface area contributed by atoms with Gasteiger partial charge >= 0.3 is 6.03 Å². The zero-order chi connectivity index (χ0) is 19.1. The predicted molar refractivity (Wildman–Crippen MR) is 105 cm³/mol. The first-order valence-corrected chi connectivity index (χ1v) is 9.94. The molecule has 0 radical (unpaired) electrons. The molecule has 1 aromatic carbocycles. The summed E-state index contributed by atoms with van der Waals surface area (Å²) in [5.74, 6) is 0.701. The number of benzene rings is 1. The second-order valence-electron chi connectivity index (χ2n) is 7.31. The van der Waals surface area contributed by atoms with Gasteiger partial charge in [-0.1, -0.05) is 37.5 Å². The largest absolute Gasteiger partial charge is 0.459 e. The van der Waals surface area contributed by atoms with E-state index in [2.05, 4.69) is 16.0 Å². The Hall–Kier alpha value is -2.50. The summed E-state index contributed by atoms with van der Waals surface area (Å²) in [4.78, 5) is 24.0. The maximum absolute atomic E-state index is 12.1. The van der Waals surface area contributed by atoms with Gasteiger partial charge in [0.15, 0.2) is 0 Å². The highest BCUT2D eigenvalue weighted by Gasteiger charge is 2.16. The Kier molecular flexibility index (Phi) is 6.74. The van der Waals surface area contributed by atoms with Gasteiger partial charge < -0.3 is 20.4 Å². The maximum Gasteiger partial charge on any atom is 0.315 e. The van der Waals surface area contributed by atoms with Crippen LogP contribution in [0.5, 0.6) is 0 Å². The topological polar surface area (TPSA) is 83.4 Å². The lowest BCUT2D eigenvalue weighted by Crippen LogP contribution is -2.43. The molecule has 3 amide bonds. The molecular formula is C21H29N3O3. The molecule has 3 rings (SSSR count). The Balaban J connectivity index is 1.33. The van der Waals surface area contributed by atoms with Crippen LogP contribution in [0.4, 0.5) is 4.79 Å². The highest BCUT2D eigenvalue weighted by molar-refractivity contribution is 5.79. The molecule has 0 aliphatic heterocycles. The average molecular weight is 371 g/mol. The molecule has 0 bridgehead atoms. The van der Waals surface area contributed by atoms with E-state index in [-0.39, 0.29) is 18.0 Å². The van der Waals surface area contributed by atoms with Gasteiger partial charge in [-0.05, 0) is 38.3 Å². The fraction of sp³-hybridized carbons (Fsp3) is 0.524. The van der Waals surface area contributed by atoms with Crippen molar-refractivity contribution in [2.75, 3.05) is 6.54 Å². The minimum atomic E-state index is -0.188. The van der Waals surface area contributed by atoms with Crippen molar-refractivity contribution in [1.82, 2.24) is 16.0 Å². The molecule has 1 aromatic heterocycles. The molecule has 2 aromatic rings. The fourth-order valence-corrected chi connectivity index (χ4v) is 3.53. The van der Waals surface area contributed by atoms with Gasteiger partial charge in [0.05, 0.1) is 6.04 Å². The third-order valence-corrected chi connectivity index (χ3v) is 5.06. The molecular weight excluding hydrogens is 342 g/mol. The second-order valence-corrected chi connectivity index (χ2v) is 7.31. The van der Waals surface area contributed by atoms with Gasteiger partial charge in [0.2, 0.25) is 5.91 Å². The summed E-state index contributed by atoms with van der Waals surface area (Å²) in [6.07, 6.45) is 6.75. The van der Waals surface area contributed by atoms with E-state index < -0.39 is 0 Å². The van der Waals surface area contributed by atoms with Crippen molar-refractivity contribution in [2.45, 2.75) is 64.0 Å². The molecule has 1 fully saturated rings. The van der Waals surface area contributed by atoms with E-state index in [9.17, 15) is 9.59 Å². The summed E-state index contributed by atoms with van der Waals surface area (Å²) >= 11 is 0. The minimum Gasteiger partial charge on any atom is -0.459 e. The summed E-state index contributed by atoms with van der Waals surface area (Å²) in [5.41, 5.74) is 0.821. The summed E-state index contributed by atoms with van der Waals surface area (Å²) in [5, 5.41) is 9.83. The van der Waals surface area contributed by atoms with Gasteiger partial charge in [-0.25, -0.2) is 4.79 Å². The number of nitrogens with one attached hydrogen (secondary N) is 3. The molecule has 1 atom stereocenters. The van der Waals surface area contributed by atoms with Crippen LogP contribution in [-0.4, -0.2) is 24.5 Å². The van der Waals surface area contributed by atoms with Crippen LogP contribution in [0, 0.1) is 0 Å². The molecule has 3 N–H and O–H groups in total. The maximum atomic E-state index is 12.1. The Bertz CT molecular complexity index is 732. The molecule has 146 valence electrons. The van der Waals surface area contributed by atoms with Crippen LogP contribution < -0.4 is 16.0 Å². The number of hydrogen-bond acceptors (Lipinski definition) is 3. The monoisotopic (exact) mass is 371 g/mol. The van der Waals surface area contributed by atoms with Gasteiger partial charge in [-0.15, -0.1) is 0 Å². The van der Waals surface area contributed by atoms with Crippen molar-refractivity contribution < 1.29 is 14.0 Å². The van der Waals surface area contributed by atoms with Gasteiger partial charge in [0.1, 0.15) is 11.3 Å². The van der Waals surface area contributed by atoms with Crippen LogP contribution in [0.25, 0.3) is 11.0 Å². The molecule has 6 heteroatoms. The molecule has 1 aliphatic rings. The first-order valence-electron chi connectivity index (χ1n) is 9.94. The third-order valence-electron chi connectivity index (χ3n) is 5.06. The molecule has 27 heavy (non-hydrogen) atoms. The standard InChI is InChI=1S/C21H29N3O3/c1-15(19-14-16-8-5-6-11-18(16)27-19)23-20(25)12-7-13-22-21(26)24-17-9-3-2-4-10-17/h5-6,8,11,14-15,17H,2-4,7,9-10,12-13H2,1H3,(H,23,25)(H2,22,24,26)/t15-/m1/s1. The van der Waals surface area contributed by atoms with Gasteiger partial charge in [0, 0.05) is 24.4 Å². The molecule has 0 unspecified atom stereocenters. The zero-order valence-electron chi connectivity index (χ0n) is 15.9. The highest BCUT2D eigenvalue weighted by atomic mass is 16.3. The van der Waals surface area contributed by atoms with Crippen LogP contribution in [0.3, 0.4) is 0 Å². The lowest BCUT2D eigenvalue weighted by Gasteiger charge is -2.22. The Morgan fingerprint density at radius 2 is 1.96 bits per heavy atom. The average Bonchev–Trinajstić information content (AvgIpc) is 3.10. The van der Waals surface area contributed by atoms with Gasteiger partial charge in [-0.3, -0.25) is 4.79 Å². The number of furan rings is 1. The van der Waals surface area contributed by atoms with Crippen molar-refractivity contribution >= 4 is 22.9 Å². The summed E-state index contributed by atoms with van der Waals surface area (Å²) in [7, 11) is 0. The number of hydrogen-bond donors (Lipinski definition) is 3. The first kappa shape index (κ1) is 19.3. The molecule has 0 spiro atoms. The van der Waals surface area contributed by atoms with E-state index in [0.717, 1.165) is 29.6 Å². The SMILES string of the molecule is C[C@@H](NC(=O)CCCNC(=O)NC1CCCCC1)c1cc2ccccc2o1. The number of amides is 3. The first-order chi connectivity index (χ1) is 13.1. The van der Waals surface area contributed by atoms with Crippen molar-refractivity contribution in [3.8, 4) is 0 Å². The number of urea groups is 1. The zero-order valence-corrected chi connectivity index (χ0v) is 15.9. The van der Waals surface area contributed by atoms with Crippen LogP contribution in [0.2, 0.25) is 0 Å². The number of carbonyl (C=O) groups excluding carboxylic acids is 2. The van der Waals surface area contributed by atoms with Crippen molar-refractivity contribution in [3.05, 3.63) is 36.1 Å². The highest BCUT2D eigenvalue weighted by Crippen LogP contribution is 2.23. The molecule has 1 aliphatic carbocycles. The van der Waals surface area contributed by atoms with Crippen LogP contribution in [-0.2, 0) is 4.79 Å². The van der Waals surface area contributed by atoms with Gasteiger partial charge in [0.25, 0.3) is 0 Å². The molecule has 0 saturated heterocycles. The second kappa shape index (κ2) is 9.44. The van der Waals surface area contributed by atoms with Crippen LogP contribution in [0.1, 0.15) is 63.7 Å². The van der Waals surface area contributed by atoms with E-state index in [1.807, 2.05) is 37.3 Å². The van der Waals surface area contributed by atoms with Crippen LogP contribution >= 0.6 is 0 Å². The van der Waals surface area contributed by atoms with E-state index in [0.29, 0.717) is 25.4 Å². The Morgan fingerprint density at radius 1 is 1.19 bits per heavy atom. The van der Waals surface area contributed by atoms with E-state index in [1.54, 1.807) is 0 Å². The normalized spacial score (nSPS) is 16.0. The van der Waals surface area contributed by atoms with E-state index >= 15 is 0 Å². The summed E-state index contributed by atoms with van der Waals surface area (Å²) < 4.78 is 5.78. The molecule has 6 nitrogen and oxygen atoms in total. The lowest BCUT2D eigenvalue weighted by molar-refractivity contribution is -0.121. The number of fused-ring (bicyclic) bond motifs is 1. The lowest BCUT2D eigenvalue weighted by atomic mass is 9.96. The predicted octanol–water partition coefficient (Wildman–Crippen LogP) is 4.02. The smallest absolute Gasteiger partial charge is 0.315 e. The van der Waals surface area contributed by atoms with Crippen molar-refractivity contribution in [2.24, 2.45) is 0 Å². The third kappa shape index (κ3) is 5.74. The van der Waals surface area contributed by atoms with Crippen molar-refractivity contribution in [1.29, 1.82) is 0 Å². The molecule has 1 heterocycles. The van der Waals surface area contributed by atoms with Crippen molar-refractivity contribution in [3.63, 3.8) is 0 Å². The minimum absolute atomic E-state index is 0.0440. The summed E-state index contributed by atoms with van der Waals surface area (Å²) in [6.45, 7) is 2.40. The van der Waals surface area contributed by atoms with Crippen LogP contribution in [0.15, 0.2) is 34.7 Å². The van der Waals surface area contributed by atoms with E-state index in [1.165, 1.54) is 19.3 Å². The summed E-state index contributed by atoms with van der Waals surface area (Å²) in [6, 6.07) is 9.73. The number of rotatable bonds is 7. The van der Waals surface area contributed by atoms with Gasteiger partial charge in [-0.2, -0.15) is 0 Å². The fourth-order valence-electron chi connectivity index (χ4n) is 3.53. The Morgan fingerprint density at radius 3 is 2.74 bits per heavy atom.